The molecule has 0 aliphatic carbocycles. The van der Waals surface area contributed by atoms with Crippen molar-refractivity contribution in [2.24, 2.45) is 0 Å². The number of carbonyl (C=O) groups excluding carboxylic acids is 1. The fourth-order valence-electron chi connectivity index (χ4n) is 0.524. The fourth-order valence-corrected chi connectivity index (χ4v) is 0.524. The SMILES string of the molecule is CC(=O)c1[nH]cnc1F. The van der Waals surface area contributed by atoms with Gasteiger partial charge in [-0.1, -0.05) is 0 Å². The molecule has 0 radical (unpaired) electrons. The molecule has 3 nitrogen and oxygen atoms in total. The number of nitrogens with zero attached hydrogens (tertiary/aromatic N) is 1. The van der Waals surface area contributed by atoms with Crippen LogP contribution in [-0.4, -0.2) is 15.8 Å². The van der Waals surface area contributed by atoms with Crippen molar-refractivity contribution in [2.45, 2.75) is 6.92 Å². The number of rotatable bonds is 1. The number of nitrogens with one attached hydrogen (secondary N) is 1. The summed E-state index contributed by atoms with van der Waals surface area (Å²) in [6, 6.07) is 0. The minimum Gasteiger partial charge on any atom is -0.340 e. The van der Waals surface area contributed by atoms with Crippen LogP contribution in [0.5, 0.6) is 0 Å². The zero-order valence-electron chi connectivity index (χ0n) is 4.81. The van der Waals surface area contributed by atoms with Gasteiger partial charge in [0.25, 0.3) is 0 Å². The van der Waals surface area contributed by atoms with Crippen molar-refractivity contribution in [3.05, 3.63) is 18.0 Å². The summed E-state index contributed by atoms with van der Waals surface area (Å²) >= 11 is 0. The monoisotopic (exact) mass is 128 g/mol. The largest absolute Gasteiger partial charge is 0.340 e. The lowest BCUT2D eigenvalue weighted by atomic mass is 10.3. The number of Topliss-reactive ketones (excluding diaryl/α,β-unsaturated/α-hetero) is 1. The quantitative estimate of drug-likeness (QED) is 0.567. The summed E-state index contributed by atoms with van der Waals surface area (Å²) in [5, 5.41) is 0. The Balaban J connectivity index is 3.08. The number of hydrogen-bond acceptors (Lipinski definition) is 2. The lowest BCUT2D eigenvalue weighted by Gasteiger charge is -1.83. The van der Waals surface area contributed by atoms with Crippen LogP contribution in [0.3, 0.4) is 0 Å². The maximum Gasteiger partial charge on any atom is 0.241 e. The number of imidazole rings is 1. The Morgan fingerprint density at radius 1 is 1.89 bits per heavy atom. The number of H-pyrrole nitrogens is 1. The number of hydrogen-bond donors (Lipinski definition) is 1. The molecule has 0 aliphatic rings. The summed E-state index contributed by atoms with van der Waals surface area (Å²) in [6.07, 6.45) is 1.14. The van der Waals surface area contributed by atoms with Gasteiger partial charge in [-0.3, -0.25) is 4.79 Å². The van der Waals surface area contributed by atoms with E-state index < -0.39 is 5.95 Å². The third kappa shape index (κ3) is 0.960. The van der Waals surface area contributed by atoms with Gasteiger partial charge in [0.2, 0.25) is 5.95 Å². The standard InChI is InChI=1S/C5H5FN2O/c1-3(9)4-5(6)8-2-7-4/h2H,1H3,(H,7,8). The molecular formula is C5H5FN2O. The minimum absolute atomic E-state index is 0.0602. The summed E-state index contributed by atoms with van der Waals surface area (Å²) < 4.78 is 12.2. The van der Waals surface area contributed by atoms with Gasteiger partial charge in [-0.25, -0.2) is 4.98 Å². The van der Waals surface area contributed by atoms with Crippen molar-refractivity contribution in [3.63, 3.8) is 0 Å². The number of aromatic nitrogens is 2. The molecule has 0 saturated carbocycles. The van der Waals surface area contributed by atoms with Crippen molar-refractivity contribution >= 4 is 5.78 Å². The molecule has 48 valence electrons. The van der Waals surface area contributed by atoms with E-state index in [9.17, 15) is 9.18 Å². The van der Waals surface area contributed by atoms with Gasteiger partial charge in [-0.05, 0) is 0 Å². The summed E-state index contributed by atoms with van der Waals surface area (Å²) in [5.74, 6) is -1.08. The van der Waals surface area contributed by atoms with E-state index in [1.807, 2.05) is 0 Å². The Morgan fingerprint density at radius 2 is 2.56 bits per heavy atom. The zero-order valence-corrected chi connectivity index (χ0v) is 4.81. The number of halogens is 1. The van der Waals surface area contributed by atoms with Crippen LogP contribution < -0.4 is 0 Å². The van der Waals surface area contributed by atoms with Crippen LogP contribution >= 0.6 is 0 Å². The van der Waals surface area contributed by atoms with Gasteiger partial charge in [0.15, 0.2) is 5.78 Å². The Kier molecular flexibility index (Phi) is 1.30. The molecule has 9 heavy (non-hydrogen) atoms. The van der Waals surface area contributed by atoms with E-state index in [0.717, 1.165) is 6.33 Å². The van der Waals surface area contributed by atoms with E-state index in [1.54, 1.807) is 0 Å². The smallest absolute Gasteiger partial charge is 0.241 e. The first kappa shape index (κ1) is 5.94. The molecule has 0 aliphatic heterocycles. The maximum atomic E-state index is 12.2. The number of carbonyl (C=O) groups is 1. The fraction of sp³-hybridized carbons (Fsp3) is 0.200. The third-order valence-corrected chi connectivity index (χ3v) is 0.945. The number of ketones is 1. The Labute approximate surface area is 50.9 Å². The average molecular weight is 128 g/mol. The van der Waals surface area contributed by atoms with Crippen molar-refractivity contribution in [3.8, 4) is 0 Å². The molecule has 0 unspecified atom stereocenters. The van der Waals surface area contributed by atoms with Crippen LogP contribution in [0.1, 0.15) is 17.4 Å². The Hall–Kier alpha value is -1.19. The topological polar surface area (TPSA) is 45.8 Å². The molecule has 0 saturated heterocycles. The second kappa shape index (κ2) is 1.97. The maximum absolute atomic E-state index is 12.2. The second-order valence-electron chi connectivity index (χ2n) is 1.62. The van der Waals surface area contributed by atoms with Crippen LogP contribution in [0.25, 0.3) is 0 Å². The summed E-state index contributed by atoms with van der Waals surface area (Å²) in [7, 11) is 0. The molecule has 1 rings (SSSR count). The van der Waals surface area contributed by atoms with Gasteiger partial charge in [-0.15, -0.1) is 0 Å². The second-order valence-corrected chi connectivity index (χ2v) is 1.62. The molecule has 1 heterocycles. The summed E-state index contributed by atoms with van der Waals surface area (Å²) in [5.41, 5.74) is -0.0602. The lowest BCUT2D eigenvalue weighted by Crippen LogP contribution is -1.94. The van der Waals surface area contributed by atoms with Gasteiger partial charge in [0.1, 0.15) is 5.69 Å². The van der Waals surface area contributed by atoms with E-state index in [2.05, 4.69) is 9.97 Å². The molecule has 4 heteroatoms. The molecule has 0 amide bonds. The molecule has 0 fully saturated rings. The highest BCUT2D eigenvalue weighted by Crippen LogP contribution is 1.98. The van der Waals surface area contributed by atoms with Crippen molar-refractivity contribution in [1.29, 1.82) is 0 Å². The highest BCUT2D eigenvalue weighted by atomic mass is 19.1. The van der Waals surface area contributed by atoms with Gasteiger partial charge in [0, 0.05) is 6.92 Å². The van der Waals surface area contributed by atoms with Crippen LogP contribution in [0, 0.1) is 5.95 Å². The summed E-state index contributed by atoms with van der Waals surface area (Å²) in [6.45, 7) is 1.27. The van der Waals surface area contributed by atoms with Crippen molar-refractivity contribution < 1.29 is 9.18 Å². The average Bonchev–Trinajstić information content (AvgIpc) is 2.13. The first-order valence-corrected chi connectivity index (χ1v) is 2.41. The van der Waals surface area contributed by atoms with Crippen molar-refractivity contribution in [1.82, 2.24) is 9.97 Å². The van der Waals surface area contributed by atoms with E-state index in [-0.39, 0.29) is 11.5 Å². The van der Waals surface area contributed by atoms with Crippen LogP contribution in [0.15, 0.2) is 6.33 Å². The van der Waals surface area contributed by atoms with E-state index in [4.69, 9.17) is 0 Å². The van der Waals surface area contributed by atoms with Gasteiger partial charge in [0.05, 0.1) is 6.33 Å². The highest BCUT2D eigenvalue weighted by Gasteiger charge is 2.07. The molecule has 0 aromatic carbocycles. The molecule has 0 bridgehead atoms. The van der Waals surface area contributed by atoms with Gasteiger partial charge >= 0.3 is 0 Å². The minimum atomic E-state index is -0.734. The first-order valence-electron chi connectivity index (χ1n) is 2.41. The van der Waals surface area contributed by atoms with E-state index in [0.29, 0.717) is 0 Å². The molecule has 0 spiro atoms. The van der Waals surface area contributed by atoms with E-state index in [1.165, 1.54) is 6.92 Å². The highest BCUT2D eigenvalue weighted by molar-refractivity contribution is 5.91. The molecule has 1 aromatic heterocycles. The molecular weight excluding hydrogens is 123 g/mol. The van der Waals surface area contributed by atoms with Crippen LogP contribution in [0.2, 0.25) is 0 Å². The Bertz CT molecular complexity index is 231. The molecule has 1 N–H and O–H groups in total. The zero-order chi connectivity index (χ0) is 6.85. The first-order chi connectivity index (χ1) is 4.22. The Morgan fingerprint density at radius 3 is 2.78 bits per heavy atom. The predicted molar refractivity (Wildman–Crippen MR) is 28.6 cm³/mol. The third-order valence-electron chi connectivity index (χ3n) is 0.945. The van der Waals surface area contributed by atoms with E-state index >= 15 is 0 Å². The van der Waals surface area contributed by atoms with Gasteiger partial charge in [-0.2, -0.15) is 4.39 Å². The van der Waals surface area contributed by atoms with Crippen molar-refractivity contribution in [2.75, 3.05) is 0 Å². The van der Waals surface area contributed by atoms with Crippen LogP contribution in [-0.2, 0) is 0 Å². The predicted octanol–water partition coefficient (Wildman–Crippen LogP) is 0.751. The molecule has 1 aromatic rings. The van der Waals surface area contributed by atoms with Crippen LogP contribution in [0.4, 0.5) is 4.39 Å². The number of aromatic amines is 1. The normalized spacial score (nSPS) is 9.56. The lowest BCUT2D eigenvalue weighted by molar-refractivity contribution is 0.100. The van der Waals surface area contributed by atoms with Gasteiger partial charge < -0.3 is 4.98 Å². The summed E-state index contributed by atoms with van der Waals surface area (Å²) in [4.78, 5) is 16.0. The molecule has 0 atom stereocenters.